The van der Waals surface area contributed by atoms with Gasteiger partial charge in [-0.3, -0.25) is 20.4 Å². The molecule has 0 atom stereocenters. The van der Waals surface area contributed by atoms with Gasteiger partial charge in [0.25, 0.3) is 11.8 Å². The van der Waals surface area contributed by atoms with E-state index in [1.807, 2.05) is 0 Å². The minimum absolute atomic E-state index is 0.348. The van der Waals surface area contributed by atoms with Gasteiger partial charge in [-0.05, 0) is 37.3 Å². The number of hydrogen-bond donors (Lipinski definition) is 3. The molecule has 2 heterocycles. The molecule has 0 saturated heterocycles. The zero-order chi connectivity index (χ0) is 16.4. The van der Waals surface area contributed by atoms with Crippen LogP contribution in [0.3, 0.4) is 0 Å². The maximum Gasteiger partial charge on any atom is 0.286 e. The first kappa shape index (κ1) is 14.7. The fourth-order valence-electron chi connectivity index (χ4n) is 2.32. The Kier molecular flexibility index (Phi) is 3.76. The number of amides is 2. The number of aryl methyl sites for hydroxylation is 1. The van der Waals surface area contributed by atoms with Gasteiger partial charge in [0.2, 0.25) is 0 Å². The molecule has 0 bridgehead atoms. The normalized spacial score (nSPS) is 10.5. The van der Waals surface area contributed by atoms with Crippen LogP contribution < -0.4 is 15.6 Å². The van der Waals surface area contributed by atoms with Crippen molar-refractivity contribution < 1.29 is 18.7 Å². The molecule has 118 valence electrons. The Morgan fingerprint density at radius 1 is 1.17 bits per heavy atom. The van der Waals surface area contributed by atoms with E-state index in [-0.39, 0.29) is 0 Å². The Labute approximate surface area is 131 Å². The van der Waals surface area contributed by atoms with E-state index in [9.17, 15) is 9.59 Å². The lowest BCUT2D eigenvalue weighted by Crippen LogP contribution is -2.41. The summed E-state index contributed by atoms with van der Waals surface area (Å²) in [6.07, 6.45) is 1.62. The van der Waals surface area contributed by atoms with Gasteiger partial charge in [0.1, 0.15) is 22.8 Å². The van der Waals surface area contributed by atoms with Crippen LogP contribution in [-0.2, 0) is 0 Å². The van der Waals surface area contributed by atoms with E-state index in [0.717, 1.165) is 0 Å². The molecule has 0 aliphatic carbocycles. The molecule has 2 amide bonds. The number of ether oxygens (including phenoxy) is 1. The molecular formula is C16H15N3O4. The number of rotatable bonds is 3. The Hall–Kier alpha value is -3.22. The zero-order valence-electron chi connectivity index (χ0n) is 12.6. The predicted molar refractivity (Wildman–Crippen MR) is 83.2 cm³/mol. The lowest BCUT2D eigenvalue weighted by Gasteiger charge is -2.06. The molecule has 0 saturated carbocycles. The van der Waals surface area contributed by atoms with Gasteiger partial charge in [0.15, 0.2) is 0 Å². The summed E-state index contributed by atoms with van der Waals surface area (Å²) in [7, 11) is 1.55. The quantitative estimate of drug-likeness (QED) is 0.646. The van der Waals surface area contributed by atoms with Crippen molar-refractivity contribution in [3.63, 3.8) is 0 Å². The van der Waals surface area contributed by atoms with Crippen molar-refractivity contribution in [2.24, 2.45) is 0 Å². The van der Waals surface area contributed by atoms with Gasteiger partial charge in [0, 0.05) is 11.6 Å². The second-order valence-corrected chi connectivity index (χ2v) is 4.89. The summed E-state index contributed by atoms with van der Waals surface area (Å²) in [4.78, 5) is 27.0. The van der Waals surface area contributed by atoms with E-state index in [1.54, 1.807) is 50.6 Å². The van der Waals surface area contributed by atoms with Gasteiger partial charge in [0.05, 0.1) is 12.7 Å². The average Bonchev–Trinajstić information content (AvgIpc) is 3.18. The van der Waals surface area contributed by atoms with Crippen molar-refractivity contribution in [1.29, 1.82) is 0 Å². The Bertz CT molecular complexity index is 865. The van der Waals surface area contributed by atoms with Crippen LogP contribution in [0.25, 0.3) is 11.0 Å². The summed E-state index contributed by atoms with van der Waals surface area (Å²) in [5.74, 6) is 0.170. The molecule has 3 N–H and O–H groups in total. The standard InChI is InChI=1S/C16H15N3O4/c1-9-14(11-8-10(22-2)5-6-13(11)23-9)16(21)19-18-15(20)12-4-3-7-17-12/h3-8,17H,1-2H3,(H,18,20)(H,19,21). The molecule has 0 aliphatic heterocycles. The van der Waals surface area contributed by atoms with Gasteiger partial charge in [-0.15, -0.1) is 0 Å². The van der Waals surface area contributed by atoms with Crippen molar-refractivity contribution >= 4 is 22.8 Å². The van der Waals surface area contributed by atoms with Crippen molar-refractivity contribution in [2.45, 2.75) is 6.92 Å². The fourth-order valence-corrected chi connectivity index (χ4v) is 2.32. The van der Waals surface area contributed by atoms with E-state index >= 15 is 0 Å². The third-order valence-electron chi connectivity index (χ3n) is 3.43. The van der Waals surface area contributed by atoms with Crippen LogP contribution in [0, 0.1) is 6.92 Å². The third kappa shape index (κ3) is 2.76. The smallest absolute Gasteiger partial charge is 0.286 e. The fraction of sp³-hybridized carbons (Fsp3) is 0.125. The highest BCUT2D eigenvalue weighted by Gasteiger charge is 2.19. The number of furan rings is 1. The Balaban J connectivity index is 1.83. The maximum absolute atomic E-state index is 12.4. The number of aromatic amines is 1. The van der Waals surface area contributed by atoms with Crippen LogP contribution in [0.4, 0.5) is 0 Å². The topological polar surface area (TPSA) is 96.4 Å². The van der Waals surface area contributed by atoms with E-state index in [4.69, 9.17) is 9.15 Å². The molecule has 7 nitrogen and oxygen atoms in total. The van der Waals surface area contributed by atoms with Crippen LogP contribution in [-0.4, -0.2) is 23.9 Å². The monoisotopic (exact) mass is 313 g/mol. The molecule has 3 rings (SSSR count). The number of fused-ring (bicyclic) bond motifs is 1. The van der Waals surface area contributed by atoms with Crippen molar-refractivity contribution in [1.82, 2.24) is 15.8 Å². The van der Waals surface area contributed by atoms with E-state index in [0.29, 0.717) is 33.7 Å². The Morgan fingerprint density at radius 3 is 2.65 bits per heavy atom. The van der Waals surface area contributed by atoms with Gasteiger partial charge in [-0.1, -0.05) is 0 Å². The second-order valence-electron chi connectivity index (χ2n) is 4.89. The minimum Gasteiger partial charge on any atom is -0.497 e. The van der Waals surface area contributed by atoms with Crippen molar-refractivity contribution in [2.75, 3.05) is 7.11 Å². The first-order valence-electron chi connectivity index (χ1n) is 6.91. The van der Waals surface area contributed by atoms with Crippen LogP contribution in [0.2, 0.25) is 0 Å². The number of methoxy groups -OCH3 is 1. The predicted octanol–water partition coefficient (Wildman–Crippen LogP) is 2.15. The maximum atomic E-state index is 12.4. The highest BCUT2D eigenvalue weighted by atomic mass is 16.5. The first-order chi connectivity index (χ1) is 11.1. The summed E-state index contributed by atoms with van der Waals surface area (Å²) in [6.45, 7) is 1.69. The van der Waals surface area contributed by atoms with Gasteiger partial charge >= 0.3 is 0 Å². The number of H-pyrrole nitrogens is 1. The molecule has 3 aromatic rings. The van der Waals surface area contributed by atoms with Gasteiger partial charge in [-0.25, -0.2) is 0 Å². The summed E-state index contributed by atoms with van der Waals surface area (Å²) in [5, 5.41) is 0.619. The highest BCUT2D eigenvalue weighted by molar-refractivity contribution is 6.08. The van der Waals surface area contributed by atoms with Crippen LogP contribution >= 0.6 is 0 Å². The highest BCUT2D eigenvalue weighted by Crippen LogP contribution is 2.28. The van der Waals surface area contributed by atoms with Crippen LogP contribution in [0.1, 0.15) is 26.6 Å². The number of benzene rings is 1. The number of carbonyl (C=O) groups excluding carboxylic acids is 2. The van der Waals surface area contributed by atoms with Gasteiger partial charge in [-0.2, -0.15) is 0 Å². The summed E-state index contributed by atoms with van der Waals surface area (Å²) < 4.78 is 10.7. The molecule has 0 spiro atoms. The lowest BCUT2D eigenvalue weighted by atomic mass is 10.1. The number of hydrazine groups is 1. The largest absolute Gasteiger partial charge is 0.497 e. The third-order valence-corrected chi connectivity index (χ3v) is 3.43. The lowest BCUT2D eigenvalue weighted by molar-refractivity contribution is 0.0844. The summed E-state index contributed by atoms with van der Waals surface area (Å²) in [6, 6.07) is 8.49. The average molecular weight is 313 g/mol. The first-order valence-corrected chi connectivity index (χ1v) is 6.91. The van der Waals surface area contributed by atoms with E-state index in [2.05, 4.69) is 15.8 Å². The molecule has 1 aromatic carbocycles. The number of carbonyl (C=O) groups is 2. The minimum atomic E-state index is -0.464. The van der Waals surface area contributed by atoms with Crippen molar-refractivity contribution in [3.8, 4) is 5.75 Å². The molecule has 0 unspecified atom stereocenters. The molecule has 0 aliphatic rings. The molecule has 23 heavy (non-hydrogen) atoms. The second kappa shape index (κ2) is 5.88. The van der Waals surface area contributed by atoms with Crippen LogP contribution in [0.15, 0.2) is 40.9 Å². The molecule has 0 radical (unpaired) electrons. The van der Waals surface area contributed by atoms with Gasteiger partial charge < -0.3 is 14.1 Å². The molecular weight excluding hydrogens is 298 g/mol. The summed E-state index contributed by atoms with van der Waals surface area (Å²) in [5.41, 5.74) is 6.01. The zero-order valence-corrected chi connectivity index (χ0v) is 12.6. The number of hydrogen-bond acceptors (Lipinski definition) is 4. The number of nitrogens with one attached hydrogen (secondary N) is 3. The van der Waals surface area contributed by atoms with Crippen molar-refractivity contribution in [3.05, 3.63) is 53.5 Å². The molecule has 2 aromatic heterocycles. The molecule has 7 heteroatoms. The van der Waals surface area contributed by atoms with Crippen LogP contribution in [0.5, 0.6) is 5.75 Å². The summed E-state index contributed by atoms with van der Waals surface area (Å²) >= 11 is 0. The number of aromatic nitrogens is 1. The molecule has 0 fully saturated rings. The SMILES string of the molecule is COc1ccc2oc(C)c(C(=O)NNC(=O)c3ccc[nH]3)c2c1. The van der Waals surface area contributed by atoms with E-state index < -0.39 is 11.8 Å². The van der Waals surface area contributed by atoms with E-state index in [1.165, 1.54) is 0 Å². The Morgan fingerprint density at radius 2 is 1.96 bits per heavy atom.